The first-order valence-corrected chi connectivity index (χ1v) is 7.98. The third-order valence-corrected chi connectivity index (χ3v) is 4.39. The number of rotatable bonds is 3. The van der Waals surface area contributed by atoms with Crippen molar-refractivity contribution in [2.45, 2.75) is 11.3 Å². The van der Waals surface area contributed by atoms with Gasteiger partial charge in [0.25, 0.3) is 0 Å². The van der Waals surface area contributed by atoms with Crippen molar-refractivity contribution in [2.24, 2.45) is 0 Å². The van der Waals surface area contributed by atoms with Gasteiger partial charge in [-0.3, -0.25) is 9.59 Å². The van der Waals surface area contributed by atoms with E-state index in [0.717, 1.165) is 16.1 Å². The van der Waals surface area contributed by atoms with Crippen LogP contribution >= 0.6 is 11.8 Å². The molecule has 23 heavy (non-hydrogen) atoms. The Morgan fingerprint density at radius 3 is 3.00 bits per heavy atom. The van der Waals surface area contributed by atoms with Crippen molar-refractivity contribution in [3.63, 3.8) is 0 Å². The van der Waals surface area contributed by atoms with Crippen molar-refractivity contribution in [3.8, 4) is 6.07 Å². The molecule has 0 saturated heterocycles. The number of fused-ring (bicyclic) bond motifs is 1. The number of carbonyl (C=O) groups is 2. The Morgan fingerprint density at radius 2 is 2.17 bits per heavy atom. The van der Waals surface area contributed by atoms with Gasteiger partial charge in [-0.15, -0.1) is 11.8 Å². The molecule has 2 aromatic carbocycles. The van der Waals surface area contributed by atoms with Gasteiger partial charge in [0.2, 0.25) is 11.8 Å². The van der Waals surface area contributed by atoms with Crippen LogP contribution in [0.5, 0.6) is 0 Å². The normalized spacial score (nSPS) is 12.7. The van der Waals surface area contributed by atoms with Crippen LogP contribution in [0.2, 0.25) is 0 Å². The maximum absolute atomic E-state index is 12.1. The summed E-state index contributed by atoms with van der Waals surface area (Å²) in [5.41, 5.74) is 2.66. The Labute approximate surface area is 137 Å². The van der Waals surface area contributed by atoms with Gasteiger partial charge in [-0.05, 0) is 35.9 Å². The highest BCUT2D eigenvalue weighted by atomic mass is 32.2. The number of amides is 2. The van der Waals surface area contributed by atoms with E-state index in [1.165, 1.54) is 11.8 Å². The van der Waals surface area contributed by atoms with Crippen LogP contribution in [-0.4, -0.2) is 17.6 Å². The molecule has 2 amide bonds. The van der Waals surface area contributed by atoms with E-state index in [1.54, 1.807) is 24.3 Å². The monoisotopic (exact) mass is 323 g/mol. The van der Waals surface area contributed by atoms with Gasteiger partial charge in [0.15, 0.2) is 0 Å². The van der Waals surface area contributed by atoms with E-state index >= 15 is 0 Å². The molecule has 0 aromatic heterocycles. The summed E-state index contributed by atoms with van der Waals surface area (Å²) < 4.78 is 0. The number of anilines is 2. The van der Waals surface area contributed by atoms with Gasteiger partial charge in [0, 0.05) is 10.6 Å². The number of carbonyl (C=O) groups excluding carboxylic acids is 2. The lowest BCUT2D eigenvalue weighted by molar-refractivity contribution is -0.115. The second-order valence-corrected chi connectivity index (χ2v) is 6.10. The van der Waals surface area contributed by atoms with E-state index in [4.69, 9.17) is 5.26 Å². The maximum Gasteiger partial charge on any atom is 0.234 e. The molecule has 3 rings (SSSR count). The fourth-order valence-corrected chi connectivity index (χ4v) is 3.09. The highest BCUT2D eigenvalue weighted by molar-refractivity contribution is 8.00. The molecule has 1 aliphatic rings. The number of benzene rings is 2. The number of hydrogen-bond donors (Lipinski definition) is 2. The smallest absolute Gasteiger partial charge is 0.234 e. The minimum absolute atomic E-state index is 0.0302. The van der Waals surface area contributed by atoms with Crippen molar-refractivity contribution in [2.75, 3.05) is 16.4 Å². The van der Waals surface area contributed by atoms with Crippen LogP contribution in [-0.2, 0) is 16.0 Å². The third kappa shape index (κ3) is 3.71. The summed E-state index contributed by atoms with van der Waals surface area (Å²) in [6, 6.07) is 14.4. The minimum atomic E-state index is -0.171. The predicted molar refractivity (Wildman–Crippen MR) is 89.3 cm³/mol. The molecule has 1 heterocycles. The number of nitrogens with zero attached hydrogens (tertiary/aromatic N) is 1. The van der Waals surface area contributed by atoms with E-state index in [9.17, 15) is 9.59 Å². The van der Waals surface area contributed by atoms with Crippen LogP contribution in [0, 0.1) is 11.3 Å². The second-order valence-electron chi connectivity index (χ2n) is 5.08. The Bertz CT molecular complexity index is 827. The van der Waals surface area contributed by atoms with Crippen LogP contribution < -0.4 is 10.6 Å². The zero-order valence-corrected chi connectivity index (χ0v) is 12.9. The first-order chi connectivity index (χ1) is 11.1. The van der Waals surface area contributed by atoms with Gasteiger partial charge in [0.05, 0.1) is 29.5 Å². The molecule has 0 saturated carbocycles. The van der Waals surface area contributed by atoms with Gasteiger partial charge in [-0.25, -0.2) is 0 Å². The van der Waals surface area contributed by atoms with Gasteiger partial charge in [-0.2, -0.15) is 5.26 Å². The lowest BCUT2D eigenvalue weighted by Gasteiger charge is -2.17. The average Bonchev–Trinajstić information content (AvgIpc) is 2.54. The quantitative estimate of drug-likeness (QED) is 0.910. The first kappa shape index (κ1) is 15.1. The van der Waals surface area contributed by atoms with Crippen LogP contribution in [0.1, 0.15) is 11.1 Å². The first-order valence-electron chi connectivity index (χ1n) is 6.99. The Hall–Kier alpha value is -2.78. The van der Waals surface area contributed by atoms with Gasteiger partial charge in [-0.1, -0.05) is 12.1 Å². The van der Waals surface area contributed by atoms with Crippen LogP contribution in [0.3, 0.4) is 0 Å². The van der Waals surface area contributed by atoms with E-state index in [2.05, 4.69) is 10.6 Å². The lowest BCUT2D eigenvalue weighted by Crippen LogP contribution is -2.19. The molecule has 1 aliphatic heterocycles. The number of hydrogen-bond acceptors (Lipinski definition) is 4. The van der Waals surface area contributed by atoms with E-state index < -0.39 is 0 Å². The molecule has 0 unspecified atom stereocenters. The molecule has 2 N–H and O–H groups in total. The zero-order valence-electron chi connectivity index (χ0n) is 12.1. The Morgan fingerprint density at radius 1 is 1.30 bits per heavy atom. The standard InChI is InChI=1S/C17H13N3O2S/c18-9-12-2-1-3-13(6-12)19-16(21)8-11-4-5-15-14(7-11)20-17(22)10-23-15/h1-7H,8,10H2,(H,19,21)(H,20,22). The van der Waals surface area contributed by atoms with Crippen molar-refractivity contribution < 1.29 is 9.59 Å². The van der Waals surface area contributed by atoms with Gasteiger partial charge < -0.3 is 10.6 Å². The summed E-state index contributed by atoms with van der Waals surface area (Å²) in [4.78, 5) is 24.6. The highest BCUT2D eigenvalue weighted by Gasteiger charge is 2.16. The third-order valence-electron chi connectivity index (χ3n) is 3.32. The number of nitriles is 1. The van der Waals surface area contributed by atoms with E-state index in [-0.39, 0.29) is 18.2 Å². The maximum atomic E-state index is 12.1. The molecule has 0 bridgehead atoms. The summed E-state index contributed by atoms with van der Waals surface area (Å²) >= 11 is 1.49. The topological polar surface area (TPSA) is 82.0 Å². The van der Waals surface area contributed by atoms with Crippen LogP contribution in [0.25, 0.3) is 0 Å². The SMILES string of the molecule is N#Cc1cccc(NC(=O)Cc2ccc3c(c2)NC(=O)CS3)c1. The van der Waals surface area contributed by atoms with Crippen molar-refractivity contribution in [3.05, 3.63) is 53.6 Å². The summed E-state index contributed by atoms with van der Waals surface area (Å²) in [6.45, 7) is 0. The minimum Gasteiger partial charge on any atom is -0.326 e. The molecule has 0 fully saturated rings. The summed E-state index contributed by atoms with van der Waals surface area (Å²) in [7, 11) is 0. The largest absolute Gasteiger partial charge is 0.326 e. The van der Waals surface area contributed by atoms with E-state index in [0.29, 0.717) is 17.0 Å². The van der Waals surface area contributed by atoms with Crippen molar-refractivity contribution in [1.82, 2.24) is 0 Å². The van der Waals surface area contributed by atoms with E-state index in [1.807, 2.05) is 24.3 Å². The van der Waals surface area contributed by atoms with Crippen LogP contribution in [0.4, 0.5) is 11.4 Å². The molecule has 0 radical (unpaired) electrons. The van der Waals surface area contributed by atoms with Gasteiger partial charge >= 0.3 is 0 Å². The summed E-state index contributed by atoms with van der Waals surface area (Å²) in [5, 5.41) is 14.4. The molecule has 0 aliphatic carbocycles. The molecular weight excluding hydrogens is 310 g/mol. The fraction of sp³-hybridized carbons (Fsp3) is 0.118. The molecule has 0 atom stereocenters. The number of thioether (sulfide) groups is 1. The van der Waals surface area contributed by atoms with Crippen LogP contribution in [0.15, 0.2) is 47.4 Å². The Kier molecular flexibility index (Phi) is 4.31. The molecule has 2 aromatic rings. The highest BCUT2D eigenvalue weighted by Crippen LogP contribution is 2.32. The Balaban J connectivity index is 1.69. The lowest BCUT2D eigenvalue weighted by atomic mass is 10.1. The second kappa shape index (κ2) is 6.55. The fourth-order valence-electron chi connectivity index (χ4n) is 2.30. The molecule has 0 spiro atoms. The van der Waals surface area contributed by atoms with Gasteiger partial charge in [0.1, 0.15) is 0 Å². The summed E-state index contributed by atoms with van der Waals surface area (Å²) in [5.74, 6) is 0.217. The average molecular weight is 323 g/mol. The zero-order chi connectivity index (χ0) is 16.2. The van der Waals surface area contributed by atoms with Crippen molar-refractivity contribution >= 4 is 35.0 Å². The number of nitrogens with one attached hydrogen (secondary N) is 2. The molecule has 5 nitrogen and oxygen atoms in total. The molecule has 6 heteroatoms. The van der Waals surface area contributed by atoms with Crippen molar-refractivity contribution in [1.29, 1.82) is 5.26 Å². The summed E-state index contributed by atoms with van der Waals surface area (Å²) in [6.07, 6.45) is 0.199. The molecule has 114 valence electrons. The predicted octanol–water partition coefficient (Wildman–Crippen LogP) is 2.78. The molecular formula is C17H13N3O2S.